The number of rotatable bonds is 5. The lowest BCUT2D eigenvalue weighted by Gasteiger charge is -2.23. The van der Waals surface area contributed by atoms with Crippen molar-refractivity contribution in [3.63, 3.8) is 0 Å². The smallest absolute Gasteiger partial charge is 0.267 e. The summed E-state index contributed by atoms with van der Waals surface area (Å²) < 4.78 is 0. The molecule has 0 saturated heterocycles. The molecular weight excluding hydrogens is 322 g/mol. The molecule has 0 saturated carbocycles. The van der Waals surface area contributed by atoms with Crippen molar-refractivity contribution in [3.8, 4) is 0 Å². The summed E-state index contributed by atoms with van der Waals surface area (Å²) in [5.41, 5.74) is 0.0306. The van der Waals surface area contributed by atoms with E-state index < -0.39 is 0 Å². The zero-order valence-electron chi connectivity index (χ0n) is 13.6. The fourth-order valence-electron chi connectivity index (χ4n) is 2.64. The number of carbonyl (C=O) groups is 1. The predicted octanol–water partition coefficient (Wildman–Crippen LogP) is 2.62. The van der Waals surface area contributed by atoms with Crippen molar-refractivity contribution in [2.45, 2.75) is 6.04 Å². The van der Waals surface area contributed by atoms with E-state index in [-0.39, 0.29) is 23.2 Å². The number of fused-ring (bicyclic) bond motifs is 1. The van der Waals surface area contributed by atoms with Gasteiger partial charge in [-0.1, -0.05) is 24.3 Å². The summed E-state index contributed by atoms with van der Waals surface area (Å²) in [6.07, 6.45) is 0. The molecule has 0 aliphatic heterocycles. The van der Waals surface area contributed by atoms with E-state index in [4.69, 9.17) is 0 Å². The summed E-state index contributed by atoms with van der Waals surface area (Å²) in [6.45, 7) is 0.473. The number of thiophene rings is 1. The van der Waals surface area contributed by atoms with Gasteiger partial charge in [0.05, 0.1) is 6.04 Å². The third kappa shape index (κ3) is 3.39. The Morgan fingerprint density at radius 3 is 2.75 bits per heavy atom. The van der Waals surface area contributed by atoms with Crippen LogP contribution in [0, 0.1) is 0 Å². The van der Waals surface area contributed by atoms with Gasteiger partial charge in [-0.15, -0.1) is 11.3 Å². The van der Waals surface area contributed by atoms with Crippen molar-refractivity contribution in [3.05, 3.63) is 68.8 Å². The topological polar surface area (TPSA) is 65.2 Å². The number of H-pyrrole nitrogens is 1. The Balaban J connectivity index is 1.79. The van der Waals surface area contributed by atoms with Gasteiger partial charge in [-0.2, -0.15) is 0 Å². The molecule has 124 valence electrons. The van der Waals surface area contributed by atoms with Crippen LogP contribution in [0.1, 0.15) is 21.4 Å². The zero-order chi connectivity index (χ0) is 17.1. The molecule has 1 amide bonds. The molecule has 0 fully saturated rings. The molecule has 3 aromatic rings. The molecule has 0 unspecified atom stereocenters. The van der Waals surface area contributed by atoms with Gasteiger partial charge in [0, 0.05) is 16.8 Å². The molecule has 2 N–H and O–H groups in total. The molecule has 1 atom stereocenters. The maximum atomic E-state index is 12.4. The lowest BCUT2D eigenvalue weighted by molar-refractivity contribution is 0.0937. The van der Waals surface area contributed by atoms with E-state index in [0.717, 1.165) is 5.39 Å². The van der Waals surface area contributed by atoms with Crippen molar-refractivity contribution in [1.29, 1.82) is 0 Å². The molecule has 0 bridgehead atoms. The van der Waals surface area contributed by atoms with E-state index in [9.17, 15) is 9.59 Å². The summed E-state index contributed by atoms with van der Waals surface area (Å²) in [7, 11) is 3.96. The quantitative estimate of drug-likeness (QED) is 0.750. The fraction of sp³-hybridized carbons (Fsp3) is 0.222. The highest BCUT2D eigenvalue weighted by Gasteiger charge is 2.17. The molecule has 2 aromatic heterocycles. The molecule has 0 spiro atoms. The lowest BCUT2D eigenvalue weighted by atomic mass is 10.1. The molecule has 0 radical (unpaired) electrons. The average Bonchev–Trinajstić information content (AvgIpc) is 3.08. The second kappa shape index (κ2) is 6.98. The van der Waals surface area contributed by atoms with Crippen LogP contribution >= 0.6 is 11.3 Å². The van der Waals surface area contributed by atoms with E-state index in [1.54, 1.807) is 29.5 Å². The molecule has 24 heavy (non-hydrogen) atoms. The summed E-state index contributed by atoms with van der Waals surface area (Å²) in [4.78, 5) is 30.4. The van der Waals surface area contributed by atoms with Crippen molar-refractivity contribution >= 4 is 28.0 Å². The van der Waals surface area contributed by atoms with Gasteiger partial charge in [0.2, 0.25) is 0 Å². The standard InChI is InChI=1S/C18H19N3O2S/c1-21(2)15(16-8-5-9-24-16)11-19-18(23)14-10-12-6-3-4-7-13(12)17(22)20-14/h3-10,15H,11H2,1-2H3,(H,19,23)(H,20,22)/t15-/m1/s1. The monoisotopic (exact) mass is 341 g/mol. The molecule has 3 rings (SSSR count). The maximum absolute atomic E-state index is 12.4. The van der Waals surface area contributed by atoms with Crippen molar-refractivity contribution < 1.29 is 4.79 Å². The summed E-state index contributed by atoms with van der Waals surface area (Å²) in [5, 5.41) is 6.28. The van der Waals surface area contributed by atoms with Crippen LogP contribution in [-0.4, -0.2) is 36.4 Å². The number of nitrogens with one attached hydrogen (secondary N) is 2. The van der Waals surface area contributed by atoms with Crippen LogP contribution in [0.25, 0.3) is 10.8 Å². The fourth-order valence-corrected chi connectivity index (χ4v) is 3.56. The molecule has 6 heteroatoms. The Morgan fingerprint density at radius 2 is 2.04 bits per heavy atom. The van der Waals surface area contributed by atoms with Crippen molar-refractivity contribution in [2.24, 2.45) is 0 Å². The predicted molar refractivity (Wildman–Crippen MR) is 97.6 cm³/mol. The molecule has 0 aliphatic rings. The Hall–Kier alpha value is -2.44. The largest absolute Gasteiger partial charge is 0.349 e. The summed E-state index contributed by atoms with van der Waals surface area (Å²) in [5.74, 6) is -0.277. The van der Waals surface area contributed by atoms with E-state index in [2.05, 4.69) is 21.3 Å². The third-order valence-electron chi connectivity index (χ3n) is 3.95. The highest BCUT2D eigenvalue weighted by Crippen LogP contribution is 2.22. The number of benzene rings is 1. The van der Waals surface area contributed by atoms with Gasteiger partial charge in [0.25, 0.3) is 11.5 Å². The third-order valence-corrected chi connectivity index (χ3v) is 4.92. The van der Waals surface area contributed by atoms with Crippen molar-refractivity contribution in [1.82, 2.24) is 15.2 Å². The summed E-state index contributed by atoms with van der Waals surface area (Å²) >= 11 is 1.66. The minimum atomic E-state index is -0.277. The first-order valence-corrected chi connectivity index (χ1v) is 8.54. The first-order chi connectivity index (χ1) is 11.6. The Morgan fingerprint density at radius 1 is 1.25 bits per heavy atom. The van der Waals surface area contributed by atoms with Gasteiger partial charge < -0.3 is 15.2 Å². The van der Waals surface area contributed by atoms with Crippen LogP contribution in [0.5, 0.6) is 0 Å². The molecular formula is C18H19N3O2S. The van der Waals surface area contributed by atoms with Crippen LogP contribution in [0.2, 0.25) is 0 Å². The SMILES string of the molecule is CN(C)[C@H](CNC(=O)c1cc2ccccc2c(=O)[nH]1)c1cccs1. The molecule has 0 aliphatic carbocycles. The number of aromatic amines is 1. The Kier molecular flexibility index (Phi) is 4.78. The van der Waals surface area contributed by atoms with E-state index >= 15 is 0 Å². The van der Waals surface area contributed by atoms with Crippen LogP contribution in [0.4, 0.5) is 0 Å². The number of amides is 1. The van der Waals surface area contributed by atoms with Crippen LogP contribution in [0.3, 0.4) is 0 Å². The number of aromatic nitrogens is 1. The lowest BCUT2D eigenvalue weighted by Crippen LogP contribution is -2.35. The van der Waals surface area contributed by atoms with Crippen LogP contribution in [0.15, 0.2) is 52.6 Å². The van der Waals surface area contributed by atoms with Gasteiger partial charge in [-0.25, -0.2) is 0 Å². The minimum absolute atomic E-state index is 0.0983. The van der Waals surface area contributed by atoms with Gasteiger partial charge in [0.1, 0.15) is 5.69 Å². The van der Waals surface area contributed by atoms with Crippen molar-refractivity contribution in [2.75, 3.05) is 20.6 Å². The minimum Gasteiger partial charge on any atom is -0.349 e. The normalized spacial score (nSPS) is 12.5. The van der Waals surface area contributed by atoms with Crippen LogP contribution < -0.4 is 10.9 Å². The van der Waals surface area contributed by atoms with Crippen LogP contribution in [-0.2, 0) is 0 Å². The first kappa shape index (κ1) is 16.4. The highest BCUT2D eigenvalue weighted by atomic mass is 32.1. The van der Waals surface area contributed by atoms with Gasteiger partial charge in [-0.3, -0.25) is 9.59 Å². The Bertz CT molecular complexity index is 900. The van der Waals surface area contributed by atoms with Gasteiger partial charge >= 0.3 is 0 Å². The Labute approximate surface area is 143 Å². The number of hydrogen-bond acceptors (Lipinski definition) is 4. The van der Waals surface area contributed by atoms with E-state index in [1.807, 2.05) is 37.7 Å². The maximum Gasteiger partial charge on any atom is 0.267 e. The average molecular weight is 341 g/mol. The second-order valence-corrected chi connectivity index (χ2v) is 6.78. The highest BCUT2D eigenvalue weighted by molar-refractivity contribution is 7.10. The number of hydrogen-bond donors (Lipinski definition) is 2. The first-order valence-electron chi connectivity index (χ1n) is 7.66. The van der Waals surface area contributed by atoms with E-state index in [1.165, 1.54) is 4.88 Å². The number of likely N-dealkylation sites (N-methyl/N-ethyl adjacent to an activating group) is 1. The van der Waals surface area contributed by atoms with Gasteiger partial charge in [-0.05, 0) is 43.1 Å². The van der Waals surface area contributed by atoms with Gasteiger partial charge in [0.15, 0.2) is 0 Å². The number of carbonyl (C=O) groups excluding carboxylic acids is 1. The number of pyridine rings is 1. The van der Waals surface area contributed by atoms with E-state index in [0.29, 0.717) is 11.9 Å². The molecule has 2 heterocycles. The number of nitrogens with zero attached hydrogens (tertiary/aromatic N) is 1. The second-order valence-electron chi connectivity index (χ2n) is 5.80. The zero-order valence-corrected chi connectivity index (χ0v) is 14.4. The molecule has 5 nitrogen and oxygen atoms in total. The molecule has 1 aromatic carbocycles. The summed E-state index contributed by atoms with van der Waals surface area (Å²) in [6, 6.07) is 13.1.